The van der Waals surface area contributed by atoms with E-state index in [0.29, 0.717) is 12.3 Å². The molecule has 0 amide bonds. The summed E-state index contributed by atoms with van der Waals surface area (Å²) in [5.74, 6) is -0.0506. The van der Waals surface area contributed by atoms with Crippen LogP contribution < -0.4 is 0 Å². The third-order valence-corrected chi connectivity index (χ3v) is 14.4. The minimum Gasteiger partial charge on any atom is -0.458 e. The summed E-state index contributed by atoms with van der Waals surface area (Å²) in [6, 6.07) is 0. The highest BCUT2D eigenvalue weighted by atomic mass is 16.7. The average molecular weight is 713 g/mol. The van der Waals surface area contributed by atoms with Crippen LogP contribution in [0.1, 0.15) is 72.1 Å². The zero-order valence-corrected chi connectivity index (χ0v) is 29.4. The molecule has 0 spiro atoms. The van der Waals surface area contributed by atoms with Crippen LogP contribution in [0, 0.1) is 34.5 Å². The molecule has 3 heterocycles. The van der Waals surface area contributed by atoms with Gasteiger partial charge in [0.1, 0.15) is 49.3 Å². The largest absolute Gasteiger partial charge is 0.458 e. The highest BCUT2D eigenvalue weighted by molar-refractivity contribution is 5.85. The SMILES string of the molecule is CO[C@@H]1[C@@H](O)[C@@H](O[C@H]2CC[C@@]3(C)[C@H](CC[C@@H]4[C@@H]3CC[C@]3(C)[C@H](C5=CC(=O)OC5)[C@H](O)C[C@]43O)C2)O[C@@H](C)[C@@H]1O[C@@H]1O[C@@H](CO)[C@H](O)[C@H](O)[C@H]1O. The third-order valence-electron chi connectivity index (χ3n) is 14.4. The molecule has 3 aliphatic heterocycles. The van der Waals surface area contributed by atoms with Gasteiger partial charge in [-0.1, -0.05) is 13.8 Å². The Hall–Kier alpha value is -1.27. The fourth-order valence-electron chi connectivity index (χ4n) is 11.7. The molecule has 7 aliphatic rings. The van der Waals surface area contributed by atoms with Crippen LogP contribution in [0.5, 0.6) is 0 Å². The Morgan fingerprint density at radius 3 is 2.30 bits per heavy atom. The molecule has 0 aromatic rings. The molecule has 284 valence electrons. The molecular weight excluding hydrogens is 656 g/mol. The second kappa shape index (κ2) is 13.5. The van der Waals surface area contributed by atoms with Crippen LogP contribution in [0.2, 0.25) is 0 Å². The van der Waals surface area contributed by atoms with Crippen molar-refractivity contribution in [3.63, 3.8) is 0 Å². The van der Waals surface area contributed by atoms with Crippen molar-refractivity contribution in [1.29, 1.82) is 0 Å². The van der Waals surface area contributed by atoms with Gasteiger partial charge in [-0.05, 0) is 80.6 Å². The molecule has 14 nitrogen and oxygen atoms in total. The minimum absolute atomic E-state index is 0.0330. The van der Waals surface area contributed by atoms with Crippen molar-refractivity contribution in [3.8, 4) is 0 Å². The lowest BCUT2D eigenvalue weighted by atomic mass is 9.43. The van der Waals surface area contributed by atoms with Crippen molar-refractivity contribution < 1.29 is 69.0 Å². The molecular formula is C36H56O14. The Bertz CT molecular complexity index is 1300. The maximum atomic E-state index is 12.5. The van der Waals surface area contributed by atoms with Crippen LogP contribution in [-0.4, -0.2) is 141 Å². The third kappa shape index (κ3) is 5.72. The van der Waals surface area contributed by atoms with Crippen LogP contribution in [0.4, 0.5) is 0 Å². The van der Waals surface area contributed by atoms with E-state index in [-0.39, 0.29) is 41.8 Å². The monoisotopic (exact) mass is 712 g/mol. The predicted octanol–water partition coefficient (Wildman–Crippen LogP) is -0.0948. The van der Waals surface area contributed by atoms with Crippen LogP contribution in [-0.2, 0) is 33.2 Å². The van der Waals surface area contributed by atoms with E-state index in [2.05, 4.69) is 13.8 Å². The van der Waals surface area contributed by atoms with Gasteiger partial charge in [0.2, 0.25) is 0 Å². The molecule has 0 bridgehead atoms. The Balaban J connectivity index is 1.000. The number of aliphatic hydroxyl groups excluding tert-OH is 6. The molecule has 0 radical (unpaired) electrons. The van der Waals surface area contributed by atoms with E-state index in [4.69, 9.17) is 28.4 Å². The minimum atomic E-state index is -1.61. The number of carbonyl (C=O) groups is 1. The van der Waals surface area contributed by atoms with Crippen molar-refractivity contribution >= 4 is 5.97 Å². The summed E-state index contributed by atoms with van der Waals surface area (Å²) < 4.78 is 35.0. The van der Waals surface area contributed by atoms with E-state index in [0.717, 1.165) is 50.5 Å². The Morgan fingerprint density at radius 1 is 0.880 bits per heavy atom. The number of carbonyl (C=O) groups excluding carboxylic acids is 1. The number of rotatable bonds is 7. The van der Waals surface area contributed by atoms with Crippen LogP contribution in [0.15, 0.2) is 11.6 Å². The summed E-state index contributed by atoms with van der Waals surface area (Å²) in [6.07, 6.45) is -5.43. The summed E-state index contributed by atoms with van der Waals surface area (Å²) in [6.45, 7) is 5.74. The van der Waals surface area contributed by atoms with Crippen molar-refractivity contribution in [2.24, 2.45) is 34.5 Å². The number of aliphatic hydroxyl groups is 7. The molecule has 7 rings (SSSR count). The highest BCUT2D eigenvalue weighted by Crippen LogP contribution is 2.70. The van der Waals surface area contributed by atoms with Gasteiger partial charge < -0.3 is 64.2 Å². The van der Waals surface area contributed by atoms with Crippen LogP contribution in [0.3, 0.4) is 0 Å². The van der Waals surface area contributed by atoms with Gasteiger partial charge >= 0.3 is 5.97 Å². The predicted molar refractivity (Wildman–Crippen MR) is 172 cm³/mol. The molecule has 4 saturated carbocycles. The van der Waals surface area contributed by atoms with Gasteiger partial charge in [0, 0.05) is 30.9 Å². The number of cyclic esters (lactones) is 1. The van der Waals surface area contributed by atoms with Gasteiger partial charge in [-0.3, -0.25) is 0 Å². The van der Waals surface area contributed by atoms with E-state index in [1.807, 2.05) is 0 Å². The van der Waals surface area contributed by atoms with Crippen molar-refractivity contribution in [1.82, 2.24) is 0 Å². The molecule has 6 fully saturated rings. The molecule has 50 heavy (non-hydrogen) atoms. The molecule has 4 aliphatic carbocycles. The van der Waals surface area contributed by atoms with Crippen molar-refractivity contribution in [3.05, 3.63) is 11.6 Å². The lowest BCUT2D eigenvalue weighted by Gasteiger charge is -2.63. The number of hydrogen-bond donors (Lipinski definition) is 7. The number of methoxy groups -OCH3 is 1. The zero-order valence-electron chi connectivity index (χ0n) is 29.4. The molecule has 0 aromatic heterocycles. The summed E-state index contributed by atoms with van der Waals surface area (Å²) >= 11 is 0. The van der Waals surface area contributed by atoms with E-state index in [9.17, 15) is 40.5 Å². The summed E-state index contributed by atoms with van der Waals surface area (Å²) in [7, 11) is 1.42. The van der Waals surface area contributed by atoms with E-state index < -0.39 is 85.1 Å². The second-order valence-corrected chi connectivity index (χ2v) is 16.7. The fraction of sp³-hybridized carbons (Fsp3) is 0.917. The molecule has 19 atom stereocenters. The van der Waals surface area contributed by atoms with Gasteiger partial charge in [-0.15, -0.1) is 0 Å². The first-order valence-corrected chi connectivity index (χ1v) is 18.4. The molecule has 2 saturated heterocycles. The maximum Gasteiger partial charge on any atom is 0.331 e. The number of ether oxygens (including phenoxy) is 6. The van der Waals surface area contributed by atoms with Crippen molar-refractivity contribution in [2.45, 2.75) is 151 Å². The first-order chi connectivity index (χ1) is 23.7. The molecule has 0 unspecified atom stereocenters. The smallest absolute Gasteiger partial charge is 0.331 e. The lowest BCUT2D eigenvalue weighted by molar-refractivity contribution is -0.362. The van der Waals surface area contributed by atoms with Gasteiger partial charge in [-0.2, -0.15) is 0 Å². The fourth-order valence-corrected chi connectivity index (χ4v) is 11.7. The Kier molecular flexibility index (Phi) is 10.0. The van der Waals surface area contributed by atoms with Gasteiger partial charge in [-0.25, -0.2) is 4.79 Å². The van der Waals surface area contributed by atoms with Gasteiger partial charge in [0.25, 0.3) is 0 Å². The van der Waals surface area contributed by atoms with Gasteiger partial charge in [0.15, 0.2) is 12.6 Å². The normalized spacial score (nSPS) is 55.1. The highest BCUT2D eigenvalue weighted by Gasteiger charge is 2.70. The summed E-state index contributed by atoms with van der Waals surface area (Å²) in [4.78, 5) is 11.9. The first-order valence-electron chi connectivity index (χ1n) is 18.4. The van der Waals surface area contributed by atoms with Crippen molar-refractivity contribution in [2.75, 3.05) is 20.3 Å². The summed E-state index contributed by atoms with van der Waals surface area (Å²) in [5.41, 5.74) is -0.841. The lowest BCUT2D eigenvalue weighted by Crippen LogP contribution is -2.64. The number of esters is 1. The molecule has 0 aromatic carbocycles. The number of fused-ring (bicyclic) bond motifs is 5. The molecule has 7 N–H and O–H groups in total. The van der Waals surface area contributed by atoms with E-state index in [1.165, 1.54) is 13.2 Å². The average Bonchev–Trinajstić information content (AvgIpc) is 3.59. The van der Waals surface area contributed by atoms with E-state index in [1.54, 1.807) is 6.92 Å². The first kappa shape index (κ1) is 37.1. The topological polar surface area (TPSA) is 214 Å². The van der Waals surface area contributed by atoms with Crippen LogP contribution >= 0.6 is 0 Å². The Morgan fingerprint density at radius 2 is 1.62 bits per heavy atom. The second-order valence-electron chi connectivity index (χ2n) is 16.7. The number of hydrogen-bond acceptors (Lipinski definition) is 14. The molecule has 14 heteroatoms. The van der Waals surface area contributed by atoms with Crippen LogP contribution in [0.25, 0.3) is 0 Å². The van der Waals surface area contributed by atoms with E-state index >= 15 is 0 Å². The van der Waals surface area contributed by atoms with Gasteiger partial charge in [0.05, 0.1) is 30.5 Å². The zero-order chi connectivity index (χ0) is 35.9. The summed E-state index contributed by atoms with van der Waals surface area (Å²) in [5, 5.41) is 75.7. The standard InChI is InChI=1S/C36H56O14/c1-16-30(50-32-28(42)27(41)26(40)23(14-37)49-32)31(45-4)29(43)33(47-16)48-19-7-9-34(2)18(12-19)5-6-21-20(34)8-10-35(3)25(17-11-24(39)46-15-17)22(38)13-36(21,35)44/h11,16,18-23,25-33,37-38,40-44H,5-10,12-15H2,1-4H3/t16-,18+,19-,20-,21+,22+,23-,25+,26-,27-,28+,29+,30-,31+,32-,33+,34-,35+,36-/m0/s1. The Labute approximate surface area is 292 Å². The quantitative estimate of drug-likeness (QED) is 0.136. The maximum absolute atomic E-state index is 12.5.